The quantitative estimate of drug-likeness (QED) is 0.432. The number of halogens is 1. The van der Waals surface area contributed by atoms with Gasteiger partial charge in [-0.15, -0.1) is 0 Å². The molecule has 3 rings (SSSR count). The highest BCUT2D eigenvalue weighted by Gasteiger charge is 2.32. The van der Waals surface area contributed by atoms with Gasteiger partial charge in [0.25, 0.3) is 10.0 Å². The lowest BCUT2D eigenvalue weighted by molar-refractivity contribution is -0.139. The van der Waals surface area contributed by atoms with Gasteiger partial charge in [0.2, 0.25) is 11.8 Å². The minimum Gasteiger partial charge on any atom is -0.497 e. The molecule has 3 aromatic rings. The van der Waals surface area contributed by atoms with E-state index in [9.17, 15) is 18.0 Å². The molecule has 2 amide bonds. The van der Waals surface area contributed by atoms with Crippen LogP contribution in [-0.2, 0) is 26.2 Å². The standard InChI is InChI=1S/C26H28ClN3O5S/c1-19(26(32)28-2)29(17-20-8-7-9-23(16-20)35-3)25(31)18-30(22-14-12-21(27)13-15-22)36(33,34)24-10-5-4-6-11-24/h4-16,19H,17-18H2,1-3H3,(H,28,32). The zero-order valence-corrected chi connectivity index (χ0v) is 21.8. The number of hydrogen-bond acceptors (Lipinski definition) is 5. The van der Waals surface area contributed by atoms with Gasteiger partial charge in [0.1, 0.15) is 18.3 Å². The van der Waals surface area contributed by atoms with Crippen LogP contribution >= 0.6 is 11.6 Å². The van der Waals surface area contributed by atoms with Gasteiger partial charge in [-0.25, -0.2) is 8.42 Å². The smallest absolute Gasteiger partial charge is 0.264 e. The lowest BCUT2D eigenvalue weighted by Crippen LogP contribution is -2.50. The van der Waals surface area contributed by atoms with Gasteiger partial charge in [-0.2, -0.15) is 0 Å². The van der Waals surface area contributed by atoms with Crippen molar-refractivity contribution in [1.82, 2.24) is 10.2 Å². The van der Waals surface area contributed by atoms with Crippen molar-refractivity contribution in [1.29, 1.82) is 0 Å². The number of carbonyl (C=O) groups is 2. The topological polar surface area (TPSA) is 96.0 Å². The number of sulfonamides is 1. The molecule has 0 saturated heterocycles. The van der Waals surface area contributed by atoms with Crippen LogP contribution in [0.15, 0.2) is 83.8 Å². The molecule has 0 aliphatic heterocycles. The summed E-state index contributed by atoms with van der Waals surface area (Å²) in [6.07, 6.45) is 0. The highest BCUT2D eigenvalue weighted by atomic mass is 35.5. The van der Waals surface area contributed by atoms with E-state index in [-0.39, 0.29) is 23.0 Å². The van der Waals surface area contributed by atoms with Gasteiger partial charge in [0, 0.05) is 18.6 Å². The van der Waals surface area contributed by atoms with Crippen molar-refractivity contribution in [2.24, 2.45) is 0 Å². The van der Waals surface area contributed by atoms with Crippen LogP contribution in [-0.4, -0.2) is 51.9 Å². The maximum atomic E-state index is 13.7. The third-order valence-electron chi connectivity index (χ3n) is 5.63. The maximum Gasteiger partial charge on any atom is 0.264 e. The Bertz CT molecular complexity index is 1300. The molecule has 0 aliphatic rings. The van der Waals surface area contributed by atoms with Crippen LogP contribution in [0.2, 0.25) is 5.02 Å². The fraction of sp³-hybridized carbons (Fsp3) is 0.231. The van der Waals surface area contributed by atoms with Gasteiger partial charge < -0.3 is 15.0 Å². The molecule has 0 radical (unpaired) electrons. The van der Waals surface area contributed by atoms with E-state index >= 15 is 0 Å². The van der Waals surface area contributed by atoms with E-state index in [1.54, 1.807) is 61.5 Å². The fourth-order valence-corrected chi connectivity index (χ4v) is 5.18. The van der Waals surface area contributed by atoms with Crippen molar-refractivity contribution >= 4 is 39.1 Å². The number of benzene rings is 3. The van der Waals surface area contributed by atoms with Gasteiger partial charge >= 0.3 is 0 Å². The lowest BCUT2D eigenvalue weighted by atomic mass is 10.1. The molecule has 1 N–H and O–H groups in total. The molecule has 1 atom stereocenters. The Morgan fingerprint density at radius 3 is 2.28 bits per heavy atom. The summed E-state index contributed by atoms with van der Waals surface area (Å²) in [4.78, 5) is 27.6. The zero-order chi connectivity index (χ0) is 26.3. The molecule has 190 valence electrons. The Morgan fingerprint density at radius 2 is 1.67 bits per heavy atom. The van der Waals surface area contributed by atoms with E-state index in [1.807, 2.05) is 0 Å². The maximum absolute atomic E-state index is 13.7. The Hall–Kier alpha value is -3.56. The first-order valence-corrected chi connectivity index (χ1v) is 13.0. The van der Waals surface area contributed by atoms with E-state index in [0.717, 1.165) is 9.87 Å². The van der Waals surface area contributed by atoms with Crippen LogP contribution in [0.5, 0.6) is 5.75 Å². The summed E-state index contributed by atoms with van der Waals surface area (Å²) in [7, 11) is -1.09. The normalized spacial score (nSPS) is 11.9. The summed E-state index contributed by atoms with van der Waals surface area (Å²) in [6.45, 7) is 1.14. The average Bonchev–Trinajstić information content (AvgIpc) is 2.90. The Balaban J connectivity index is 2.01. The number of ether oxygens (including phenoxy) is 1. The van der Waals surface area contributed by atoms with Crippen molar-refractivity contribution in [3.63, 3.8) is 0 Å². The number of hydrogen-bond donors (Lipinski definition) is 1. The fourth-order valence-electron chi connectivity index (χ4n) is 3.61. The number of carbonyl (C=O) groups excluding carboxylic acids is 2. The number of nitrogens with zero attached hydrogens (tertiary/aromatic N) is 2. The average molecular weight is 530 g/mol. The number of anilines is 1. The largest absolute Gasteiger partial charge is 0.497 e. The molecule has 0 spiro atoms. The second-order valence-corrected chi connectivity index (χ2v) is 10.3. The SMILES string of the molecule is CNC(=O)C(C)N(Cc1cccc(OC)c1)C(=O)CN(c1ccc(Cl)cc1)S(=O)(=O)c1ccccc1. The summed E-state index contributed by atoms with van der Waals surface area (Å²) >= 11 is 6.01. The van der Waals surface area contributed by atoms with Gasteiger partial charge in [-0.3, -0.25) is 13.9 Å². The second kappa shape index (κ2) is 11.9. The minimum absolute atomic E-state index is 0.0337. The molecule has 0 fully saturated rings. The third kappa shape index (κ3) is 6.35. The van der Waals surface area contributed by atoms with Gasteiger partial charge in [0.15, 0.2) is 0 Å². The van der Waals surface area contributed by atoms with Crippen LogP contribution < -0.4 is 14.4 Å². The number of likely N-dealkylation sites (N-methyl/N-ethyl adjacent to an activating group) is 1. The molecule has 1 unspecified atom stereocenters. The zero-order valence-electron chi connectivity index (χ0n) is 20.2. The number of amides is 2. The van der Waals surface area contributed by atoms with E-state index in [4.69, 9.17) is 16.3 Å². The van der Waals surface area contributed by atoms with Gasteiger partial charge in [-0.05, 0) is 61.0 Å². The number of nitrogens with one attached hydrogen (secondary N) is 1. The van der Waals surface area contributed by atoms with Crippen LogP contribution in [0.25, 0.3) is 0 Å². The molecule has 0 saturated carbocycles. The summed E-state index contributed by atoms with van der Waals surface area (Å²) in [5.74, 6) is -0.333. The molecule has 0 bridgehead atoms. The molecular weight excluding hydrogens is 502 g/mol. The lowest BCUT2D eigenvalue weighted by Gasteiger charge is -2.31. The first kappa shape index (κ1) is 27.0. The first-order valence-electron chi connectivity index (χ1n) is 11.1. The van der Waals surface area contributed by atoms with Crippen LogP contribution in [0.3, 0.4) is 0 Å². The molecule has 36 heavy (non-hydrogen) atoms. The predicted octanol–water partition coefficient (Wildman–Crippen LogP) is 3.71. The monoisotopic (exact) mass is 529 g/mol. The van der Waals surface area contributed by atoms with Crippen LogP contribution in [0.4, 0.5) is 5.69 Å². The molecule has 0 aliphatic carbocycles. The molecular formula is C26H28ClN3O5S. The first-order chi connectivity index (χ1) is 17.2. The van der Waals surface area contributed by atoms with E-state index in [1.165, 1.54) is 43.3 Å². The van der Waals surface area contributed by atoms with E-state index < -0.39 is 28.5 Å². The predicted molar refractivity (Wildman–Crippen MR) is 139 cm³/mol. The number of rotatable bonds is 10. The summed E-state index contributed by atoms with van der Waals surface area (Å²) in [5, 5.41) is 2.98. The van der Waals surface area contributed by atoms with E-state index in [0.29, 0.717) is 10.8 Å². The van der Waals surface area contributed by atoms with Crippen LogP contribution in [0.1, 0.15) is 12.5 Å². The second-order valence-electron chi connectivity index (χ2n) is 7.96. The molecule has 8 nitrogen and oxygen atoms in total. The minimum atomic E-state index is -4.11. The Morgan fingerprint density at radius 1 is 1.00 bits per heavy atom. The highest BCUT2D eigenvalue weighted by molar-refractivity contribution is 7.92. The molecule has 0 aromatic heterocycles. The van der Waals surface area contributed by atoms with Gasteiger partial charge in [0.05, 0.1) is 17.7 Å². The van der Waals surface area contributed by atoms with E-state index in [2.05, 4.69) is 5.32 Å². The van der Waals surface area contributed by atoms with Crippen molar-refractivity contribution < 1.29 is 22.7 Å². The Labute approximate surface area is 216 Å². The van der Waals surface area contributed by atoms with Gasteiger partial charge in [-0.1, -0.05) is 41.9 Å². The summed E-state index contributed by atoms with van der Waals surface area (Å²) in [6, 6.07) is 20.3. The molecule has 3 aromatic carbocycles. The van der Waals surface area contributed by atoms with Crippen LogP contribution in [0, 0.1) is 0 Å². The highest BCUT2D eigenvalue weighted by Crippen LogP contribution is 2.26. The Kier molecular flexibility index (Phi) is 8.95. The third-order valence-corrected chi connectivity index (χ3v) is 7.67. The molecule has 0 heterocycles. The summed E-state index contributed by atoms with van der Waals surface area (Å²) in [5.41, 5.74) is 0.993. The van der Waals surface area contributed by atoms with Crippen molar-refractivity contribution in [2.75, 3.05) is 25.0 Å². The van der Waals surface area contributed by atoms with Crippen molar-refractivity contribution in [3.8, 4) is 5.75 Å². The van der Waals surface area contributed by atoms with Crippen molar-refractivity contribution in [2.45, 2.75) is 24.4 Å². The molecule has 10 heteroatoms. The van der Waals surface area contributed by atoms with Crippen molar-refractivity contribution in [3.05, 3.63) is 89.4 Å². The number of methoxy groups -OCH3 is 1. The summed E-state index contributed by atoms with van der Waals surface area (Å²) < 4.78 is 33.5.